The van der Waals surface area contributed by atoms with Gasteiger partial charge in [-0.05, 0) is 19.1 Å². The number of methoxy groups -OCH3 is 1. The molecule has 0 N–H and O–H groups in total. The Morgan fingerprint density at radius 1 is 1.39 bits per heavy atom. The Morgan fingerprint density at radius 2 is 2.17 bits per heavy atom. The van der Waals surface area contributed by atoms with E-state index in [-0.39, 0.29) is 18.1 Å². The molecule has 0 bridgehead atoms. The summed E-state index contributed by atoms with van der Waals surface area (Å²) >= 11 is 5.80. The summed E-state index contributed by atoms with van der Waals surface area (Å²) in [5.74, 6) is 0. The molecule has 0 fully saturated rings. The van der Waals surface area contributed by atoms with E-state index in [2.05, 4.69) is 9.97 Å². The highest BCUT2D eigenvalue weighted by Gasteiger charge is 2.08. The van der Waals surface area contributed by atoms with Crippen molar-refractivity contribution >= 4 is 11.6 Å². The van der Waals surface area contributed by atoms with Crippen molar-refractivity contribution in [2.24, 2.45) is 0 Å². The Bertz CT molecular complexity index is 625. The van der Waals surface area contributed by atoms with Crippen molar-refractivity contribution in [1.29, 1.82) is 0 Å². The first-order valence-corrected chi connectivity index (χ1v) is 5.72. The fraction of sp³-hybridized carbons (Fsp3) is 0.250. The molecule has 0 saturated heterocycles. The monoisotopic (exact) mass is 265 g/mol. The van der Waals surface area contributed by atoms with Crippen molar-refractivity contribution in [1.82, 2.24) is 14.5 Å². The summed E-state index contributed by atoms with van der Waals surface area (Å²) < 4.78 is 6.51. The molecule has 18 heavy (non-hydrogen) atoms. The average Bonchev–Trinajstić information content (AvgIpc) is 2.32. The molecule has 0 atom stereocenters. The molecule has 5 nitrogen and oxygen atoms in total. The van der Waals surface area contributed by atoms with E-state index in [1.807, 2.05) is 0 Å². The highest BCUT2D eigenvalue weighted by Crippen LogP contribution is 2.10. The zero-order chi connectivity index (χ0) is 13.1. The molecule has 2 rings (SSSR count). The molecule has 0 amide bonds. The minimum absolute atomic E-state index is 0.180. The van der Waals surface area contributed by atoms with Gasteiger partial charge >= 0.3 is 0 Å². The van der Waals surface area contributed by atoms with E-state index in [9.17, 15) is 4.79 Å². The predicted molar refractivity (Wildman–Crippen MR) is 68.1 cm³/mol. The van der Waals surface area contributed by atoms with Gasteiger partial charge in [0.25, 0.3) is 11.6 Å². The quantitative estimate of drug-likeness (QED) is 0.792. The first-order valence-electron chi connectivity index (χ1n) is 5.34. The Morgan fingerprint density at radius 3 is 2.83 bits per heavy atom. The lowest BCUT2D eigenvalue weighted by atomic mass is 10.3. The minimum atomic E-state index is -0.180. The number of aromatic nitrogens is 3. The smallest absolute Gasteiger partial charge is 0.299 e. The molecule has 0 saturated carbocycles. The van der Waals surface area contributed by atoms with Crippen LogP contribution in [0.4, 0.5) is 0 Å². The number of rotatable bonds is 3. The number of halogens is 1. The minimum Gasteiger partial charge on any atom is -0.468 e. The van der Waals surface area contributed by atoms with E-state index in [0.29, 0.717) is 16.5 Å². The maximum atomic E-state index is 11.9. The first-order chi connectivity index (χ1) is 8.60. The Hall–Kier alpha value is -1.88. The number of nitrogens with zero attached hydrogens (tertiary/aromatic N) is 3. The van der Waals surface area contributed by atoms with Crippen LogP contribution in [0.5, 0.6) is 6.01 Å². The van der Waals surface area contributed by atoms with Gasteiger partial charge in [-0.15, -0.1) is 0 Å². The van der Waals surface area contributed by atoms with Gasteiger partial charge in [0.1, 0.15) is 5.15 Å². The summed E-state index contributed by atoms with van der Waals surface area (Å²) in [6.07, 6.45) is 0. The van der Waals surface area contributed by atoms with Gasteiger partial charge in [0.05, 0.1) is 19.3 Å². The van der Waals surface area contributed by atoms with Crippen molar-refractivity contribution in [3.63, 3.8) is 0 Å². The number of ether oxygens (including phenoxy) is 1. The van der Waals surface area contributed by atoms with Crippen molar-refractivity contribution < 1.29 is 4.74 Å². The second-order valence-electron chi connectivity index (χ2n) is 3.76. The van der Waals surface area contributed by atoms with E-state index >= 15 is 0 Å². The average molecular weight is 266 g/mol. The molecular weight excluding hydrogens is 254 g/mol. The van der Waals surface area contributed by atoms with Crippen molar-refractivity contribution in [2.45, 2.75) is 13.5 Å². The van der Waals surface area contributed by atoms with Gasteiger partial charge in [0.15, 0.2) is 0 Å². The van der Waals surface area contributed by atoms with Crippen LogP contribution < -0.4 is 10.3 Å². The maximum Gasteiger partial charge on any atom is 0.299 e. The number of hydrogen-bond acceptors (Lipinski definition) is 4. The summed E-state index contributed by atoms with van der Waals surface area (Å²) in [5, 5.41) is 0.389. The van der Waals surface area contributed by atoms with Crippen LogP contribution in [-0.4, -0.2) is 21.6 Å². The van der Waals surface area contributed by atoms with Crippen LogP contribution >= 0.6 is 11.6 Å². The van der Waals surface area contributed by atoms with Gasteiger partial charge < -0.3 is 4.74 Å². The third-order valence-electron chi connectivity index (χ3n) is 2.38. The summed E-state index contributed by atoms with van der Waals surface area (Å²) in [5.41, 5.74) is 1.11. The van der Waals surface area contributed by atoms with E-state index in [0.717, 1.165) is 0 Å². The highest BCUT2D eigenvalue weighted by molar-refractivity contribution is 6.29. The lowest BCUT2D eigenvalue weighted by Gasteiger charge is -2.10. The highest BCUT2D eigenvalue weighted by atomic mass is 35.5. The molecule has 0 aromatic carbocycles. The number of pyridine rings is 1. The third kappa shape index (κ3) is 2.68. The van der Waals surface area contributed by atoms with Crippen LogP contribution in [0.2, 0.25) is 5.15 Å². The molecule has 0 unspecified atom stereocenters. The fourth-order valence-corrected chi connectivity index (χ4v) is 1.78. The van der Waals surface area contributed by atoms with Crippen LogP contribution in [0, 0.1) is 6.92 Å². The Labute approximate surface area is 109 Å². The summed E-state index contributed by atoms with van der Waals surface area (Å²) in [4.78, 5) is 20.2. The van der Waals surface area contributed by atoms with E-state index in [4.69, 9.17) is 16.3 Å². The summed E-state index contributed by atoms with van der Waals surface area (Å²) in [6, 6.07) is 6.97. The third-order valence-corrected chi connectivity index (χ3v) is 2.59. The SMILES string of the molecule is COc1nc(C)cc(=O)n1Cc1cccc(Cl)n1. The molecule has 6 heteroatoms. The van der Waals surface area contributed by atoms with E-state index in [1.165, 1.54) is 17.7 Å². The normalized spacial score (nSPS) is 10.4. The van der Waals surface area contributed by atoms with Crippen LogP contribution in [-0.2, 0) is 6.54 Å². The lowest BCUT2D eigenvalue weighted by molar-refractivity contribution is 0.349. The Balaban J connectivity index is 2.43. The second kappa shape index (κ2) is 5.18. The number of aryl methyl sites for hydroxylation is 1. The lowest BCUT2D eigenvalue weighted by Crippen LogP contribution is -2.23. The largest absolute Gasteiger partial charge is 0.468 e. The maximum absolute atomic E-state index is 11.9. The number of hydrogen-bond donors (Lipinski definition) is 0. The van der Waals surface area contributed by atoms with Gasteiger partial charge in [-0.1, -0.05) is 17.7 Å². The van der Waals surface area contributed by atoms with Crippen LogP contribution in [0.15, 0.2) is 29.1 Å². The standard InChI is InChI=1S/C12H12ClN3O2/c1-8-6-11(17)16(12(14-8)18-2)7-9-4-3-5-10(13)15-9/h3-6H,7H2,1-2H3. The van der Waals surface area contributed by atoms with Crippen molar-refractivity contribution in [2.75, 3.05) is 7.11 Å². The van der Waals surface area contributed by atoms with Crippen molar-refractivity contribution in [3.05, 3.63) is 51.2 Å². The summed E-state index contributed by atoms with van der Waals surface area (Å²) in [7, 11) is 1.48. The van der Waals surface area contributed by atoms with Gasteiger partial charge in [0, 0.05) is 11.8 Å². The molecule has 0 spiro atoms. The van der Waals surface area contributed by atoms with Gasteiger partial charge in [-0.3, -0.25) is 9.36 Å². The zero-order valence-corrected chi connectivity index (χ0v) is 10.8. The molecule has 94 valence electrons. The molecular formula is C12H12ClN3O2. The molecule has 0 radical (unpaired) electrons. The molecule has 2 aromatic rings. The Kier molecular flexibility index (Phi) is 3.62. The van der Waals surface area contributed by atoms with Crippen molar-refractivity contribution in [3.8, 4) is 6.01 Å². The van der Waals surface area contributed by atoms with Crippen LogP contribution in [0.1, 0.15) is 11.4 Å². The predicted octanol–water partition coefficient (Wildman–Crippen LogP) is 1.66. The second-order valence-corrected chi connectivity index (χ2v) is 4.15. The molecule has 0 aliphatic rings. The molecule has 2 aromatic heterocycles. The summed E-state index contributed by atoms with van der Waals surface area (Å²) in [6.45, 7) is 2.02. The van der Waals surface area contributed by atoms with Gasteiger partial charge in [-0.2, -0.15) is 0 Å². The molecule has 2 heterocycles. The zero-order valence-electron chi connectivity index (χ0n) is 10.1. The first kappa shape index (κ1) is 12.6. The van der Waals surface area contributed by atoms with Gasteiger partial charge in [0.2, 0.25) is 0 Å². The molecule has 0 aliphatic heterocycles. The van der Waals surface area contributed by atoms with Gasteiger partial charge in [-0.25, -0.2) is 9.97 Å². The van der Waals surface area contributed by atoms with E-state index in [1.54, 1.807) is 25.1 Å². The fourth-order valence-electron chi connectivity index (χ4n) is 1.60. The topological polar surface area (TPSA) is 57.0 Å². The van der Waals surface area contributed by atoms with Crippen LogP contribution in [0.3, 0.4) is 0 Å². The van der Waals surface area contributed by atoms with Crippen LogP contribution in [0.25, 0.3) is 0 Å². The van der Waals surface area contributed by atoms with E-state index < -0.39 is 0 Å². The molecule has 0 aliphatic carbocycles.